The van der Waals surface area contributed by atoms with Crippen LogP contribution in [0.25, 0.3) is 0 Å². The molecule has 0 spiro atoms. The van der Waals surface area contributed by atoms with Crippen molar-refractivity contribution in [3.05, 3.63) is 17.6 Å². The van der Waals surface area contributed by atoms with Gasteiger partial charge >= 0.3 is 0 Å². The summed E-state index contributed by atoms with van der Waals surface area (Å²) in [5.74, 6) is 2.38. The molecule has 0 bridgehead atoms. The number of aromatic nitrogens is 2. The van der Waals surface area contributed by atoms with Gasteiger partial charge < -0.3 is 10.6 Å². The zero-order chi connectivity index (χ0) is 10.7. The Morgan fingerprint density at radius 1 is 1.33 bits per heavy atom. The molecule has 15 heavy (non-hydrogen) atoms. The van der Waals surface area contributed by atoms with Gasteiger partial charge in [-0.05, 0) is 20.3 Å². The highest BCUT2D eigenvalue weighted by Crippen LogP contribution is 2.05. The van der Waals surface area contributed by atoms with E-state index in [-0.39, 0.29) is 0 Å². The average Bonchev–Trinajstić information content (AvgIpc) is 2.17. The van der Waals surface area contributed by atoms with E-state index in [4.69, 9.17) is 0 Å². The van der Waals surface area contributed by atoms with Crippen LogP contribution in [0.4, 0.5) is 5.82 Å². The van der Waals surface area contributed by atoms with E-state index in [0.717, 1.165) is 42.8 Å². The molecule has 1 aromatic heterocycles. The average molecular weight is 205 g/mol. The summed E-state index contributed by atoms with van der Waals surface area (Å²) < 4.78 is 0. The number of nitrogens with zero attached hydrogens (tertiary/aromatic N) is 3. The standard InChI is InChI=1S/C10H15N5/c1-7-6-9(14-8(2)13-7)15-10-11-4-3-5-12-10/h6H,3-5H2,1-2H3,(H2,11,12,13,14,15). The van der Waals surface area contributed by atoms with Crippen LogP contribution in [0.2, 0.25) is 0 Å². The van der Waals surface area contributed by atoms with Crippen molar-refractivity contribution in [3.63, 3.8) is 0 Å². The Morgan fingerprint density at radius 2 is 2.20 bits per heavy atom. The molecule has 0 aliphatic carbocycles. The molecule has 0 atom stereocenters. The van der Waals surface area contributed by atoms with Crippen molar-refractivity contribution in [3.8, 4) is 0 Å². The van der Waals surface area contributed by atoms with E-state index in [1.807, 2.05) is 19.9 Å². The van der Waals surface area contributed by atoms with Gasteiger partial charge in [0.1, 0.15) is 11.6 Å². The fraction of sp³-hybridized carbons (Fsp3) is 0.500. The first-order chi connectivity index (χ1) is 7.24. The lowest BCUT2D eigenvalue weighted by molar-refractivity contribution is 0.739. The molecule has 0 aromatic carbocycles. The lowest BCUT2D eigenvalue weighted by atomic mass is 10.4. The minimum absolute atomic E-state index is 0.772. The summed E-state index contributed by atoms with van der Waals surface area (Å²) in [4.78, 5) is 12.8. The number of hydrogen-bond donors (Lipinski definition) is 2. The fourth-order valence-corrected chi connectivity index (χ4v) is 1.52. The minimum Gasteiger partial charge on any atom is -0.356 e. The first-order valence-electron chi connectivity index (χ1n) is 5.12. The zero-order valence-electron chi connectivity index (χ0n) is 9.04. The van der Waals surface area contributed by atoms with Crippen LogP contribution in [0.5, 0.6) is 0 Å². The van der Waals surface area contributed by atoms with Crippen molar-refractivity contribution in [1.29, 1.82) is 0 Å². The maximum absolute atomic E-state index is 4.32. The summed E-state index contributed by atoms with van der Waals surface area (Å²) in [5.41, 5.74) is 0.960. The third-order valence-electron chi connectivity index (χ3n) is 2.11. The normalized spacial score (nSPS) is 15.5. The summed E-state index contributed by atoms with van der Waals surface area (Å²) in [6.07, 6.45) is 1.09. The number of aryl methyl sites for hydroxylation is 2. The number of nitrogens with one attached hydrogen (secondary N) is 2. The van der Waals surface area contributed by atoms with E-state index in [1.165, 1.54) is 0 Å². The molecule has 2 heterocycles. The number of hydrogen-bond acceptors (Lipinski definition) is 5. The van der Waals surface area contributed by atoms with Gasteiger partial charge in [0.25, 0.3) is 0 Å². The molecule has 80 valence electrons. The Kier molecular flexibility index (Phi) is 2.80. The second-order valence-corrected chi connectivity index (χ2v) is 3.58. The lowest BCUT2D eigenvalue weighted by Gasteiger charge is -2.15. The molecule has 0 amide bonds. The van der Waals surface area contributed by atoms with Gasteiger partial charge in [0.05, 0.1) is 0 Å². The molecule has 0 fully saturated rings. The molecule has 1 aliphatic heterocycles. The maximum Gasteiger partial charge on any atom is 0.196 e. The van der Waals surface area contributed by atoms with Crippen LogP contribution in [0.3, 0.4) is 0 Å². The summed E-state index contributed by atoms with van der Waals surface area (Å²) in [6, 6.07) is 1.91. The highest BCUT2D eigenvalue weighted by Gasteiger charge is 2.05. The topological polar surface area (TPSA) is 62.2 Å². The van der Waals surface area contributed by atoms with Crippen LogP contribution in [-0.4, -0.2) is 29.0 Å². The fourth-order valence-electron chi connectivity index (χ4n) is 1.52. The lowest BCUT2D eigenvalue weighted by Crippen LogP contribution is -2.35. The van der Waals surface area contributed by atoms with Gasteiger partial charge in [-0.1, -0.05) is 0 Å². The van der Waals surface area contributed by atoms with Crippen LogP contribution in [0, 0.1) is 13.8 Å². The number of rotatable bonds is 1. The Balaban J connectivity index is 2.12. The van der Waals surface area contributed by atoms with Crippen LogP contribution in [0.1, 0.15) is 17.9 Å². The van der Waals surface area contributed by atoms with E-state index < -0.39 is 0 Å². The molecule has 1 aliphatic rings. The molecule has 0 saturated heterocycles. The van der Waals surface area contributed by atoms with Crippen molar-refractivity contribution < 1.29 is 0 Å². The molecule has 5 nitrogen and oxygen atoms in total. The molecular formula is C10H15N5. The largest absolute Gasteiger partial charge is 0.356 e. The number of anilines is 1. The van der Waals surface area contributed by atoms with E-state index in [9.17, 15) is 0 Å². The summed E-state index contributed by atoms with van der Waals surface area (Å²) in [5, 5.41) is 6.34. The molecule has 5 heteroatoms. The zero-order valence-corrected chi connectivity index (χ0v) is 9.04. The van der Waals surface area contributed by atoms with Gasteiger partial charge in [-0.3, -0.25) is 4.99 Å². The van der Waals surface area contributed by atoms with Crippen LogP contribution in [0.15, 0.2) is 11.1 Å². The Bertz CT molecular complexity index is 365. The van der Waals surface area contributed by atoms with Crippen molar-refractivity contribution >= 4 is 11.8 Å². The number of guanidine groups is 1. The predicted octanol–water partition coefficient (Wildman–Crippen LogP) is 0.855. The minimum atomic E-state index is 0.772. The Morgan fingerprint density at radius 3 is 2.87 bits per heavy atom. The summed E-state index contributed by atoms with van der Waals surface area (Å²) in [6.45, 7) is 5.68. The van der Waals surface area contributed by atoms with Crippen LogP contribution in [-0.2, 0) is 0 Å². The van der Waals surface area contributed by atoms with E-state index in [2.05, 4.69) is 25.6 Å². The van der Waals surface area contributed by atoms with Crippen LogP contribution >= 0.6 is 0 Å². The van der Waals surface area contributed by atoms with Crippen molar-refractivity contribution in [1.82, 2.24) is 15.3 Å². The monoisotopic (exact) mass is 205 g/mol. The molecule has 0 radical (unpaired) electrons. The van der Waals surface area contributed by atoms with Crippen molar-refractivity contribution in [2.45, 2.75) is 20.3 Å². The third-order valence-corrected chi connectivity index (χ3v) is 2.11. The molecule has 2 rings (SSSR count). The van der Waals surface area contributed by atoms with Gasteiger partial charge in [-0.25, -0.2) is 9.97 Å². The third kappa shape index (κ3) is 2.65. The van der Waals surface area contributed by atoms with Crippen molar-refractivity contribution in [2.75, 3.05) is 18.4 Å². The molecule has 0 saturated carbocycles. The van der Waals surface area contributed by atoms with Gasteiger partial charge in [0, 0.05) is 24.8 Å². The second kappa shape index (κ2) is 4.25. The van der Waals surface area contributed by atoms with Gasteiger partial charge in [0.2, 0.25) is 0 Å². The van der Waals surface area contributed by atoms with E-state index >= 15 is 0 Å². The van der Waals surface area contributed by atoms with E-state index in [1.54, 1.807) is 0 Å². The Labute approximate surface area is 89.0 Å². The van der Waals surface area contributed by atoms with Gasteiger partial charge in [-0.2, -0.15) is 0 Å². The predicted molar refractivity (Wildman–Crippen MR) is 60.1 cm³/mol. The Hall–Kier alpha value is -1.65. The van der Waals surface area contributed by atoms with Gasteiger partial charge in [-0.15, -0.1) is 0 Å². The first-order valence-corrected chi connectivity index (χ1v) is 5.12. The maximum atomic E-state index is 4.32. The second-order valence-electron chi connectivity index (χ2n) is 3.58. The molecule has 2 N–H and O–H groups in total. The summed E-state index contributed by atoms with van der Waals surface area (Å²) >= 11 is 0. The highest BCUT2D eigenvalue weighted by atomic mass is 15.2. The van der Waals surface area contributed by atoms with Crippen molar-refractivity contribution in [2.24, 2.45) is 4.99 Å². The molecule has 1 aromatic rings. The highest BCUT2D eigenvalue weighted by molar-refractivity contribution is 5.93. The van der Waals surface area contributed by atoms with Gasteiger partial charge in [0.15, 0.2) is 5.96 Å². The number of aliphatic imine (C=N–C) groups is 1. The van der Waals surface area contributed by atoms with E-state index in [0.29, 0.717) is 0 Å². The summed E-state index contributed by atoms with van der Waals surface area (Å²) in [7, 11) is 0. The smallest absolute Gasteiger partial charge is 0.196 e. The SMILES string of the molecule is Cc1cc(NC2=NCCCN2)nc(C)n1. The van der Waals surface area contributed by atoms with Crippen LogP contribution < -0.4 is 10.6 Å². The first kappa shape index (κ1) is 9.89. The molecular weight excluding hydrogens is 190 g/mol. The molecule has 0 unspecified atom stereocenters. The quantitative estimate of drug-likeness (QED) is 0.713.